The number of hydrogen-bond donors (Lipinski definition) is 1. The minimum absolute atomic E-state index is 0.486. The van der Waals surface area contributed by atoms with Crippen molar-refractivity contribution in [3.05, 3.63) is 0 Å². The smallest absolute Gasteiger partial charge is 0.215 e. The van der Waals surface area contributed by atoms with E-state index in [2.05, 4.69) is 12.6 Å². The van der Waals surface area contributed by atoms with Crippen LogP contribution in [-0.4, -0.2) is 11.0 Å². The van der Waals surface area contributed by atoms with Gasteiger partial charge in [-0.05, 0) is 12.8 Å². The Morgan fingerprint density at radius 1 is 1.50 bits per heavy atom. The van der Waals surface area contributed by atoms with Gasteiger partial charge in [-0.3, -0.25) is 4.79 Å². The molecule has 47 valence electrons. The molecule has 1 radical (unpaired) electrons. The Morgan fingerprint density at radius 3 is 1.88 bits per heavy atom. The maximum absolute atomic E-state index is 10.1. The van der Waals surface area contributed by atoms with Gasteiger partial charge in [-0.2, -0.15) is 12.6 Å². The van der Waals surface area contributed by atoms with Gasteiger partial charge in [0.25, 0.3) is 0 Å². The Balaban J connectivity index is 3.76. The largest absolute Gasteiger partial charge is 0.289 e. The zero-order chi connectivity index (χ0) is 6.62. The summed E-state index contributed by atoms with van der Waals surface area (Å²) >= 11 is 4.09. The summed E-state index contributed by atoms with van der Waals surface area (Å²) in [5, 5.41) is 0. The van der Waals surface area contributed by atoms with Gasteiger partial charge in [0.15, 0.2) is 0 Å². The highest BCUT2D eigenvalue weighted by Crippen LogP contribution is 2.19. The predicted octanol–water partition coefficient (Wildman–Crippen LogP) is 1.58. The molecular formula is C6H11OS. The van der Waals surface area contributed by atoms with Crippen LogP contribution in [0.5, 0.6) is 0 Å². The van der Waals surface area contributed by atoms with Crippen LogP contribution < -0.4 is 0 Å². The van der Waals surface area contributed by atoms with E-state index in [1.807, 2.05) is 20.1 Å². The second kappa shape index (κ2) is 3.13. The topological polar surface area (TPSA) is 17.1 Å². The summed E-state index contributed by atoms with van der Waals surface area (Å²) in [5.41, 5.74) is 0. The van der Waals surface area contributed by atoms with Crippen LogP contribution in [0.15, 0.2) is 0 Å². The van der Waals surface area contributed by atoms with Gasteiger partial charge in [0, 0.05) is 0 Å². The Morgan fingerprint density at radius 2 is 1.88 bits per heavy atom. The molecule has 0 unspecified atom stereocenters. The molecule has 0 aliphatic rings. The lowest BCUT2D eigenvalue weighted by molar-refractivity contribution is 0.524. The predicted molar refractivity (Wildman–Crippen MR) is 38.0 cm³/mol. The molecule has 2 heteroatoms. The van der Waals surface area contributed by atoms with E-state index < -0.39 is 4.75 Å². The van der Waals surface area contributed by atoms with E-state index in [-0.39, 0.29) is 0 Å². The van der Waals surface area contributed by atoms with Crippen LogP contribution >= 0.6 is 12.6 Å². The van der Waals surface area contributed by atoms with E-state index in [4.69, 9.17) is 0 Å². The molecule has 0 aromatic heterocycles. The summed E-state index contributed by atoms with van der Waals surface area (Å²) in [6, 6.07) is 0. The van der Waals surface area contributed by atoms with Crippen LogP contribution in [0.25, 0.3) is 0 Å². The maximum Gasteiger partial charge on any atom is 0.215 e. The monoisotopic (exact) mass is 131 g/mol. The number of thiol groups is 1. The third-order valence-corrected chi connectivity index (χ3v) is 2.08. The van der Waals surface area contributed by atoms with Gasteiger partial charge >= 0.3 is 0 Å². The molecule has 0 rings (SSSR count). The molecular weight excluding hydrogens is 120 g/mol. The average molecular weight is 131 g/mol. The van der Waals surface area contributed by atoms with E-state index in [1.165, 1.54) is 0 Å². The van der Waals surface area contributed by atoms with Crippen LogP contribution in [0, 0.1) is 0 Å². The fraction of sp³-hybridized carbons (Fsp3) is 0.833. The molecule has 0 bridgehead atoms. The van der Waals surface area contributed by atoms with Crippen molar-refractivity contribution in [2.45, 2.75) is 31.4 Å². The van der Waals surface area contributed by atoms with Gasteiger partial charge in [-0.25, -0.2) is 0 Å². The summed E-state index contributed by atoms with van der Waals surface area (Å²) in [7, 11) is 0. The van der Waals surface area contributed by atoms with Gasteiger partial charge in [-0.1, -0.05) is 13.8 Å². The molecule has 0 fully saturated rings. The highest BCUT2D eigenvalue weighted by Gasteiger charge is 2.19. The second-order valence-electron chi connectivity index (χ2n) is 1.84. The molecule has 0 N–H and O–H groups in total. The first-order chi connectivity index (χ1) is 3.68. The number of rotatable bonds is 3. The molecule has 0 aliphatic heterocycles. The van der Waals surface area contributed by atoms with Crippen molar-refractivity contribution >= 4 is 18.9 Å². The van der Waals surface area contributed by atoms with Crippen molar-refractivity contribution < 1.29 is 4.79 Å². The van der Waals surface area contributed by atoms with Crippen LogP contribution in [0.1, 0.15) is 26.7 Å². The number of hydrogen-bond acceptors (Lipinski definition) is 2. The zero-order valence-corrected chi connectivity index (χ0v) is 6.16. The van der Waals surface area contributed by atoms with Gasteiger partial charge in [0.2, 0.25) is 6.29 Å². The van der Waals surface area contributed by atoms with Gasteiger partial charge < -0.3 is 0 Å². The third kappa shape index (κ3) is 1.86. The van der Waals surface area contributed by atoms with Gasteiger partial charge in [0.05, 0.1) is 4.75 Å². The molecule has 0 aromatic carbocycles. The van der Waals surface area contributed by atoms with Crippen LogP contribution in [0.4, 0.5) is 0 Å². The van der Waals surface area contributed by atoms with Gasteiger partial charge in [0.1, 0.15) is 0 Å². The summed E-state index contributed by atoms with van der Waals surface area (Å²) in [5.74, 6) is 0. The average Bonchev–Trinajstić information content (AvgIpc) is 1.87. The quantitative estimate of drug-likeness (QED) is 0.575. The Labute approximate surface area is 55.9 Å². The first kappa shape index (κ1) is 8.02. The molecule has 0 amide bonds. The molecule has 0 saturated heterocycles. The molecule has 8 heavy (non-hydrogen) atoms. The summed E-state index contributed by atoms with van der Waals surface area (Å²) < 4.78 is -0.486. The minimum Gasteiger partial charge on any atom is -0.289 e. The zero-order valence-electron chi connectivity index (χ0n) is 5.27. The summed E-state index contributed by atoms with van der Waals surface area (Å²) in [6.45, 7) is 3.86. The fourth-order valence-corrected chi connectivity index (χ4v) is 0.394. The van der Waals surface area contributed by atoms with E-state index in [0.29, 0.717) is 0 Å². The van der Waals surface area contributed by atoms with E-state index in [9.17, 15) is 4.79 Å². The van der Waals surface area contributed by atoms with Crippen LogP contribution in [-0.2, 0) is 4.79 Å². The van der Waals surface area contributed by atoms with Crippen molar-refractivity contribution in [1.82, 2.24) is 0 Å². The van der Waals surface area contributed by atoms with Crippen molar-refractivity contribution in [3.8, 4) is 0 Å². The highest BCUT2D eigenvalue weighted by atomic mass is 32.1. The first-order valence-electron chi connectivity index (χ1n) is 2.80. The molecule has 0 spiro atoms. The molecule has 0 saturated carbocycles. The lowest BCUT2D eigenvalue weighted by atomic mass is 10.1. The lowest BCUT2D eigenvalue weighted by Crippen LogP contribution is -2.20. The van der Waals surface area contributed by atoms with Crippen molar-refractivity contribution in [3.63, 3.8) is 0 Å². The Bertz CT molecular complexity index is 76.6. The molecule has 0 heterocycles. The Hall–Kier alpha value is 0.0200. The van der Waals surface area contributed by atoms with Gasteiger partial charge in [-0.15, -0.1) is 0 Å². The lowest BCUT2D eigenvalue weighted by Gasteiger charge is -2.14. The summed E-state index contributed by atoms with van der Waals surface area (Å²) in [4.78, 5) is 10.1. The van der Waals surface area contributed by atoms with Crippen molar-refractivity contribution in [1.29, 1.82) is 0 Å². The maximum atomic E-state index is 10.1. The molecule has 0 atom stereocenters. The van der Waals surface area contributed by atoms with E-state index in [0.717, 1.165) is 12.8 Å². The van der Waals surface area contributed by atoms with E-state index >= 15 is 0 Å². The number of carbonyl (C=O) groups excluding carboxylic acids is 1. The van der Waals surface area contributed by atoms with Crippen molar-refractivity contribution in [2.75, 3.05) is 0 Å². The third-order valence-electron chi connectivity index (χ3n) is 1.36. The van der Waals surface area contributed by atoms with Crippen molar-refractivity contribution in [2.24, 2.45) is 0 Å². The van der Waals surface area contributed by atoms with Crippen LogP contribution in [0.2, 0.25) is 0 Å². The minimum atomic E-state index is -0.486. The highest BCUT2D eigenvalue weighted by molar-refractivity contribution is 7.82. The van der Waals surface area contributed by atoms with Crippen LogP contribution in [0.3, 0.4) is 0 Å². The Kier molecular flexibility index (Phi) is 3.13. The fourth-order valence-electron chi connectivity index (χ4n) is 0.394. The molecule has 1 nitrogen and oxygen atoms in total. The molecule has 0 aliphatic carbocycles. The normalized spacial score (nSPS) is 11.4. The first-order valence-corrected chi connectivity index (χ1v) is 3.25. The summed E-state index contributed by atoms with van der Waals surface area (Å²) in [6.07, 6.45) is 3.41. The van der Waals surface area contributed by atoms with E-state index in [1.54, 1.807) is 0 Å². The SMILES string of the molecule is CCC(S)([C]=O)CC. The standard InChI is InChI=1S/C6H11OS/c1-3-6(8,4-2)5-7/h8H,3-4H2,1-2H3. The second-order valence-corrected chi connectivity index (χ2v) is 2.70. The molecule has 0 aromatic rings.